The van der Waals surface area contributed by atoms with Gasteiger partial charge in [-0.15, -0.1) is 11.8 Å². The number of hydrogen-bond donors (Lipinski definition) is 3. The fraction of sp³-hybridized carbons (Fsp3) is 0.478. The van der Waals surface area contributed by atoms with Crippen molar-refractivity contribution in [1.82, 2.24) is 9.80 Å². The number of benzene rings is 1. The molecule has 1 aromatic rings. The van der Waals surface area contributed by atoms with E-state index in [1.807, 2.05) is 18.9 Å². The number of rotatable bonds is 7. The van der Waals surface area contributed by atoms with Gasteiger partial charge in [-0.3, -0.25) is 19.3 Å². The van der Waals surface area contributed by atoms with Crippen LogP contribution in [0.1, 0.15) is 30.6 Å². The Morgan fingerprint density at radius 3 is 2.70 bits per heavy atom. The zero-order valence-corrected chi connectivity index (χ0v) is 19.4. The van der Waals surface area contributed by atoms with Crippen LogP contribution < -0.4 is 5.32 Å². The van der Waals surface area contributed by atoms with E-state index in [0.717, 1.165) is 6.29 Å². The van der Waals surface area contributed by atoms with Gasteiger partial charge in [0.25, 0.3) is 0 Å². The molecule has 1 aromatic carbocycles. The third-order valence-electron chi connectivity index (χ3n) is 6.71. The molecule has 0 bridgehead atoms. The van der Waals surface area contributed by atoms with Crippen molar-refractivity contribution in [3.63, 3.8) is 0 Å². The van der Waals surface area contributed by atoms with Crippen LogP contribution in [0.15, 0.2) is 34.9 Å². The van der Waals surface area contributed by atoms with Crippen LogP contribution in [-0.2, 0) is 14.4 Å². The van der Waals surface area contributed by atoms with Crippen LogP contribution in [0.5, 0.6) is 0 Å². The van der Waals surface area contributed by atoms with Crippen LogP contribution in [0.4, 0.5) is 5.69 Å². The number of likely N-dealkylation sites (tertiary alicyclic amines) is 1. The number of aliphatic hydroxyl groups is 1. The lowest BCUT2D eigenvalue weighted by Crippen LogP contribution is -2.63. The Hall–Kier alpha value is -2.69. The van der Waals surface area contributed by atoms with Gasteiger partial charge in [-0.25, -0.2) is 4.79 Å². The van der Waals surface area contributed by atoms with Gasteiger partial charge in [0, 0.05) is 33.9 Å². The molecule has 0 spiro atoms. The van der Waals surface area contributed by atoms with E-state index in [4.69, 9.17) is 0 Å². The summed E-state index contributed by atoms with van der Waals surface area (Å²) < 4.78 is 0. The second-order valence-electron chi connectivity index (χ2n) is 8.94. The standard InChI is InChI=1S/C23H27N3O6S/c1-11-18-17(12(2)28)22(30)26(18)19(23(31)32)20(11)33-15-8-16(25(3)9-15)21(29)24-14-6-4-5-13(7-14)10-27/h4-7,10-12,15-18,28H,8-9H2,1-3H3,(H,24,29)(H,31,32). The Balaban J connectivity index is 1.47. The summed E-state index contributed by atoms with van der Waals surface area (Å²) in [7, 11) is 1.84. The molecule has 3 N–H and O–H groups in total. The average Bonchev–Trinajstić information content (AvgIpc) is 3.24. The highest BCUT2D eigenvalue weighted by Crippen LogP contribution is 2.52. The number of aliphatic carboxylic acids is 1. The summed E-state index contributed by atoms with van der Waals surface area (Å²) in [5.41, 5.74) is 1.01. The number of fused-ring (bicyclic) bond motifs is 1. The first-order valence-electron chi connectivity index (χ1n) is 10.9. The van der Waals surface area contributed by atoms with Gasteiger partial charge in [0.2, 0.25) is 11.8 Å². The van der Waals surface area contributed by atoms with Crippen LogP contribution >= 0.6 is 11.8 Å². The second-order valence-corrected chi connectivity index (χ2v) is 10.3. The quantitative estimate of drug-likeness (QED) is 0.401. The first-order chi connectivity index (χ1) is 15.6. The lowest BCUT2D eigenvalue weighted by atomic mass is 9.79. The molecule has 0 saturated carbocycles. The Morgan fingerprint density at radius 1 is 1.33 bits per heavy atom. The van der Waals surface area contributed by atoms with Crippen LogP contribution in [-0.4, -0.2) is 81.1 Å². The zero-order valence-electron chi connectivity index (χ0n) is 18.6. The van der Waals surface area contributed by atoms with Gasteiger partial charge in [0.05, 0.1) is 24.1 Å². The van der Waals surface area contributed by atoms with Crippen molar-refractivity contribution in [1.29, 1.82) is 0 Å². The zero-order chi connectivity index (χ0) is 24.0. The molecular weight excluding hydrogens is 446 g/mol. The number of nitrogens with one attached hydrogen (secondary N) is 1. The van der Waals surface area contributed by atoms with Gasteiger partial charge in [-0.2, -0.15) is 0 Å². The van der Waals surface area contributed by atoms with Crippen molar-refractivity contribution in [2.45, 2.75) is 43.7 Å². The number of carbonyl (C=O) groups excluding carboxylic acids is 3. The normalized spacial score (nSPS) is 30.1. The minimum atomic E-state index is -1.15. The van der Waals surface area contributed by atoms with Crippen LogP contribution in [0, 0.1) is 11.8 Å². The maximum Gasteiger partial charge on any atom is 0.353 e. The van der Waals surface area contributed by atoms with E-state index in [2.05, 4.69) is 5.32 Å². The summed E-state index contributed by atoms with van der Waals surface area (Å²) >= 11 is 1.42. The van der Waals surface area contributed by atoms with Crippen molar-refractivity contribution >= 4 is 41.5 Å². The Labute approximate surface area is 195 Å². The van der Waals surface area contributed by atoms with Gasteiger partial charge < -0.3 is 20.4 Å². The topological polar surface area (TPSA) is 127 Å². The molecular formula is C23H27N3O6S. The molecule has 3 aliphatic heterocycles. The third kappa shape index (κ3) is 4.07. The summed E-state index contributed by atoms with van der Waals surface area (Å²) in [6.45, 7) is 4.03. The minimum Gasteiger partial charge on any atom is -0.477 e. The van der Waals surface area contributed by atoms with Crippen LogP contribution in [0.25, 0.3) is 0 Å². The number of aliphatic hydroxyl groups excluding tert-OH is 1. The molecule has 2 saturated heterocycles. The van der Waals surface area contributed by atoms with Gasteiger partial charge in [0.15, 0.2) is 0 Å². The van der Waals surface area contributed by atoms with Gasteiger partial charge in [-0.1, -0.05) is 19.1 Å². The van der Waals surface area contributed by atoms with Crippen molar-refractivity contribution in [2.24, 2.45) is 11.8 Å². The van der Waals surface area contributed by atoms with E-state index in [1.165, 1.54) is 16.7 Å². The second kappa shape index (κ2) is 8.92. The molecule has 6 unspecified atom stereocenters. The monoisotopic (exact) mass is 473 g/mol. The Bertz CT molecular complexity index is 1040. The van der Waals surface area contributed by atoms with Crippen molar-refractivity contribution in [2.75, 3.05) is 18.9 Å². The number of likely N-dealkylation sites (N-methyl/N-ethyl adjacent to an activating group) is 1. The molecule has 33 heavy (non-hydrogen) atoms. The molecule has 3 aliphatic rings. The highest BCUT2D eigenvalue weighted by Gasteiger charge is 2.60. The molecule has 2 amide bonds. The molecule has 6 atom stereocenters. The summed E-state index contributed by atoms with van der Waals surface area (Å²) in [6.07, 6.45) is 0.391. The minimum absolute atomic E-state index is 0.000586. The molecule has 0 aromatic heterocycles. The van der Waals surface area contributed by atoms with Crippen LogP contribution in [0.3, 0.4) is 0 Å². The highest BCUT2D eigenvalue weighted by molar-refractivity contribution is 8.03. The molecule has 10 heteroatoms. The predicted octanol–water partition coefficient (Wildman–Crippen LogP) is 1.40. The SMILES string of the molecule is CC(O)C1C(=O)N2C(C(=O)O)=C(SC3CC(C(=O)Nc4cccc(C=O)c4)N(C)C3)C(C)C12. The Morgan fingerprint density at radius 2 is 2.06 bits per heavy atom. The third-order valence-corrected chi connectivity index (χ3v) is 8.20. The van der Waals surface area contributed by atoms with E-state index in [0.29, 0.717) is 29.1 Å². The number of amides is 2. The maximum atomic E-state index is 12.9. The van der Waals surface area contributed by atoms with Gasteiger partial charge in [-0.05, 0) is 32.5 Å². The Kier molecular flexibility index (Phi) is 6.35. The van der Waals surface area contributed by atoms with Gasteiger partial charge >= 0.3 is 5.97 Å². The maximum absolute atomic E-state index is 12.9. The lowest BCUT2D eigenvalue weighted by molar-refractivity contribution is -0.163. The fourth-order valence-electron chi connectivity index (χ4n) is 5.12. The van der Waals surface area contributed by atoms with Crippen molar-refractivity contribution in [3.8, 4) is 0 Å². The number of thioether (sulfide) groups is 1. The largest absolute Gasteiger partial charge is 0.477 e. The summed E-state index contributed by atoms with van der Waals surface area (Å²) in [5, 5.41) is 22.6. The number of β-lactam (4-membered cyclic amide) rings is 1. The first kappa shape index (κ1) is 23.5. The van der Waals surface area contributed by atoms with Crippen molar-refractivity contribution in [3.05, 3.63) is 40.4 Å². The summed E-state index contributed by atoms with van der Waals surface area (Å²) in [6, 6.07) is 5.92. The molecule has 2 fully saturated rings. The van der Waals surface area contributed by atoms with E-state index in [9.17, 15) is 29.4 Å². The van der Waals surface area contributed by atoms with Crippen LogP contribution in [0.2, 0.25) is 0 Å². The number of aldehydes is 1. The lowest BCUT2D eigenvalue weighted by Gasteiger charge is -2.46. The number of anilines is 1. The number of hydrogen-bond acceptors (Lipinski definition) is 7. The average molecular weight is 474 g/mol. The fourth-order valence-corrected chi connectivity index (χ4v) is 6.72. The molecule has 9 nitrogen and oxygen atoms in total. The molecule has 0 radical (unpaired) electrons. The number of nitrogens with zero attached hydrogens (tertiary/aromatic N) is 2. The molecule has 176 valence electrons. The van der Waals surface area contributed by atoms with Crippen molar-refractivity contribution < 1.29 is 29.4 Å². The first-order valence-corrected chi connectivity index (χ1v) is 11.7. The van der Waals surface area contributed by atoms with E-state index < -0.39 is 24.0 Å². The van der Waals surface area contributed by atoms with Gasteiger partial charge in [0.1, 0.15) is 12.0 Å². The number of carbonyl (C=O) groups is 4. The summed E-state index contributed by atoms with van der Waals surface area (Å²) in [5.74, 6) is -2.50. The predicted molar refractivity (Wildman–Crippen MR) is 123 cm³/mol. The van der Waals surface area contributed by atoms with E-state index >= 15 is 0 Å². The number of carboxylic acids is 1. The molecule has 0 aliphatic carbocycles. The molecule has 3 heterocycles. The summed E-state index contributed by atoms with van der Waals surface area (Å²) in [4.78, 5) is 52.3. The van der Waals surface area contributed by atoms with E-state index in [-0.39, 0.29) is 34.7 Å². The highest BCUT2D eigenvalue weighted by atomic mass is 32.2. The number of carboxylic acid groups (broad SMARTS) is 1. The smallest absolute Gasteiger partial charge is 0.353 e. The van der Waals surface area contributed by atoms with E-state index in [1.54, 1.807) is 31.2 Å². The molecule has 4 rings (SSSR count).